The van der Waals surface area contributed by atoms with Crippen molar-refractivity contribution in [3.05, 3.63) is 76.0 Å². The summed E-state index contributed by atoms with van der Waals surface area (Å²) in [6.45, 7) is 0. The molecule has 2 aromatic heterocycles. The third-order valence-corrected chi connectivity index (χ3v) is 3.04. The van der Waals surface area contributed by atoms with E-state index < -0.39 is 10.7 Å². The van der Waals surface area contributed by atoms with Crippen LogP contribution in [0.5, 0.6) is 0 Å². The van der Waals surface area contributed by atoms with E-state index in [0.717, 1.165) is 0 Å². The molecule has 2 heterocycles. The van der Waals surface area contributed by atoms with Gasteiger partial charge in [0.1, 0.15) is 17.2 Å². The van der Waals surface area contributed by atoms with Crippen LogP contribution in [0.15, 0.2) is 48.8 Å². The van der Waals surface area contributed by atoms with Crippen molar-refractivity contribution in [2.45, 2.75) is 0 Å². The number of nitrogens with zero attached hydrogens (tertiary/aromatic N) is 3. The molecule has 0 aliphatic rings. The zero-order valence-corrected chi connectivity index (χ0v) is 10.6. The normalized spacial score (nSPS) is 10.7. The Hall–Kier alpha value is -3.09. The Morgan fingerprint density at radius 1 is 1.19 bits per heavy atom. The Bertz CT molecular complexity index is 856. The molecule has 7 heteroatoms. The van der Waals surface area contributed by atoms with E-state index in [9.17, 15) is 19.3 Å². The quantitative estimate of drug-likeness (QED) is 0.421. The molecule has 104 valence electrons. The molecular formula is C14H8FN3O3. The molecule has 0 aliphatic heterocycles. The second-order valence-corrected chi connectivity index (χ2v) is 4.35. The Morgan fingerprint density at radius 3 is 2.57 bits per heavy atom. The topological polar surface area (TPSA) is 77.5 Å². The number of nitro benzene ring substituents is 1. The van der Waals surface area contributed by atoms with Crippen LogP contribution in [0.25, 0.3) is 5.65 Å². The first-order chi connectivity index (χ1) is 10.1. The first-order valence-electron chi connectivity index (χ1n) is 5.98. The Kier molecular flexibility index (Phi) is 2.94. The number of hydrogen-bond acceptors (Lipinski definition) is 4. The lowest BCUT2D eigenvalue weighted by Crippen LogP contribution is -2.05. The first kappa shape index (κ1) is 12.9. The van der Waals surface area contributed by atoms with Crippen molar-refractivity contribution in [2.24, 2.45) is 0 Å². The van der Waals surface area contributed by atoms with Crippen LogP contribution in [0.4, 0.5) is 10.1 Å². The average Bonchev–Trinajstić information content (AvgIpc) is 2.89. The first-order valence-corrected chi connectivity index (χ1v) is 5.98. The van der Waals surface area contributed by atoms with Gasteiger partial charge in [-0.1, -0.05) is 0 Å². The van der Waals surface area contributed by atoms with E-state index in [1.165, 1.54) is 53.2 Å². The maximum atomic E-state index is 13.3. The van der Waals surface area contributed by atoms with Crippen molar-refractivity contribution in [3.8, 4) is 0 Å². The molecule has 0 amide bonds. The monoisotopic (exact) mass is 285 g/mol. The van der Waals surface area contributed by atoms with Crippen LogP contribution < -0.4 is 0 Å². The van der Waals surface area contributed by atoms with E-state index in [0.29, 0.717) is 5.65 Å². The van der Waals surface area contributed by atoms with Crippen LogP contribution >= 0.6 is 0 Å². The fourth-order valence-corrected chi connectivity index (χ4v) is 2.01. The highest BCUT2D eigenvalue weighted by Gasteiger charge is 2.16. The zero-order valence-electron chi connectivity index (χ0n) is 10.6. The van der Waals surface area contributed by atoms with Crippen molar-refractivity contribution in [1.82, 2.24) is 9.38 Å². The van der Waals surface area contributed by atoms with Gasteiger partial charge < -0.3 is 0 Å². The lowest BCUT2D eigenvalue weighted by Gasteiger charge is -2.01. The second-order valence-electron chi connectivity index (χ2n) is 4.35. The highest BCUT2D eigenvalue weighted by molar-refractivity contribution is 6.08. The summed E-state index contributed by atoms with van der Waals surface area (Å²) in [4.78, 5) is 26.4. The number of carbonyl (C=O) groups is 1. The molecule has 0 radical (unpaired) electrons. The summed E-state index contributed by atoms with van der Waals surface area (Å²) in [5.41, 5.74) is 0.808. The highest BCUT2D eigenvalue weighted by Crippen LogP contribution is 2.16. The summed E-state index contributed by atoms with van der Waals surface area (Å²) in [5.74, 6) is -0.874. The van der Waals surface area contributed by atoms with Gasteiger partial charge in [-0.3, -0.25) is 19.3 Å². The number of hydrogen-bond donors (Lipinski definition) is 0. The van der Waals surface area contributed by atoms with Gasteiger partial charge in [0.05, 0.1) is 11.1 Å². The third kappa shape index (κ3) is 2.25. The van der Waals surface area contributed by atoms with E-state index in [1.54, 1.807) is 0 Å². The molecule has 0 atom stereocenters. The number of halogens is 1. The number of pyridine rings is 1. The van der Waals surface area contributed by atoms with Crippen molar-refractivity contribution >= 4 is 17.1 Å². The van der Waals surface area contributed by atoms with Crippen molar-refractivity contribution in [2.75, 3.05) is 0 Å². The van der Waals surface area contributed by atoms with Gasteiger partial charge in [0.15, 0.2) is 0 Å². The van der Waals surface area contributed by atoms with Crippen LogP contribution in [0.1, 0.15) is 16.1 Å². The minimum absolute atomic E-state index is 0.101. The van der Waals surface area contributed by atoms with Gasteiger partial charge in [-0.25, -0.2) is 9.37 Å². The molecule has 0 saturated carbocycles. The molecule has 6 nitrogen and oxygen atoms in total. The Labute approximate surface area is 117 Å². The van der Waals surface area contributed by atoms with Crippen LogP contribution in [-0.2, 0) is 0 Å². The maximum absolute atomic E-state index is 13.3. The van der Waals surface area contributed by atoms with Crippen molar-refractivity contribution < 1.29 is 14.1 Å². The lowest BCUT2D eigenvalue weighted by atomic mass is 10.1. The van der Waals surface area contributed by atoms with Gasteiger partial charge in [0.2, 0.25) is 5.78 Å². The summed E-state index contributed by atoms with van der Waals surface area (Å²) in [6, 6.07) is 7.93. The van der Waals surface area contributed by atoms with Gasteiger partial charge in [0.25, 0.3) is 5.69 Å². The fraction of sp³-hybridized carbons (Fsp3) is 0. The highest BCUT2D eigenvalue weighted by atomic mass is 19.1. The summed E-state index contributed by atoms with van der Waals surface area (Å²) >= 11 is 0. The summed E-state index contributed by atoms with van der Waals surface area (Å²) in [7, 11) is 0. The molecule has 0 N–H and O–H groups in total. The number of nitro groups is 1. The maximum Gasteiger partial charge on any atom is 0.269 e. The number of benzene rings is 1. The van der Waals surface area contributed by atoms with E-state index in [-0.39, 0.29) is 22.7 Å². The third-order valence-electron chi connectivity index (χ3n) is 3.04. The van der Waals surface area contributed by atoms with E-state index >= 15 is 0 Å². The Balaban J connectivity index is 2.04. The largest absolute Gasteiger partial charge is 0.294 e. The van der Waals surface area contributed by atoms with Crippen LogP contribution in [0.3, 0.4) is 0 Å². The summed E-state index contributed by atoms with van der Waals surface area (Å²) in [5, 5.41) is 10.6. The van der Waals surface area contributed by atoms with Gasteiger partial charge in [-0.05, 0) is 24.3 Å². The van der Waals surface area contributed by atoms with E-state index in [1.807, 2.05) is 0 Å². The molecule has 3 aromatic rings. The fourth-order valence-electron chi connectivity index (χ4n) is 2.01. The molecule has 3 rings (SSSR count). The minimum atomic E-state index is -0.544. The zero-order chi connectivity index (χ0) is 15.0. The van der Waals surface area contributed by atoms with Crippen LogP contribution in [0.2, 0.25) is 0 Å². The summed E-state index contributed by atoms with van der Waals surface area (Å²) in [6.07, 6.45) is 2.51. The molecule has 1 aromatic carbocycles. The smallest absolute Gasteiger partial charge is 0.269 e. The Morgan fingerprint density at radius 2 is 1.90 bits per heavy atom. The molecule has 0 spiro atoms. The number of fused-ring (bicyclic) bond motifs is 1. The molecule has 0 saturated heterocycles. The molecule has 0 bridgehead atoms. The van der Waals surface area contributed by atoms with Crippen molar-refractivity contribution in [3.63, 3.8) is 0 Å². The molecular weight excluding hydrogens is 277 g/mol. The average molecular weight is 285 g/mol. The van der Waals surface area contributed by atoms with Crippen LogP contribution in [0, 0.1) is 15.9 Å². The summed E-state index contributed by atoms with van der Waals surface area (Å²) < 4.78 is 14.6. The van der Waals surface area contributed by atoms with Gasteiger partial charge >= 0.3 is 0 Å². The standard InChI is InChI=1S/C14H8FN3O3/c15-10-3-6-13-16-7-12(17(13)8-10)14(19)9-1-4-11(5-2-9)18(20)21/h1-8H. The van der Waals surface area contributed by atoms with Gasteiger partial charge in [0, 0.05) is 23.9 Å². The molecule has 0 aliphatic carbocycles. The predicted molar refractivity (Wildman–Crippen MR) is 71.7 cm³/mol. The van der Waals surface area contributed by atoms with E-state index in [4.69, 9.17) is 0 Å². The van der Waals surface area contributed by atoms with Gasteiger partial charge in [-0.2, -0.15) is 0 Å². The molecule has 0 fully saturated rings. The number of non-ortho nitro benzene ring substituents is 1. The number of aromatic nitrogens is 2. The molecule has 0 unspecified atom stereocenters. The van der Waals surface area contributed by atoms with Gasteiger partial charge in [-0.15, -0.1) is 0 Å². The van der Waals surface area contributed by atoms with Crippen molar-refractivity contribution in [1.29, 1.82) is 0 Å². The van der Waals surface area contributed by atoms with Crippen LogP contribution in [-0.4, -0.2) is 20.1 Å². The molecule has 21 heavy (non-hydrogen) atoms. The lowest BCUT2D eigenvalue weighted by molar-refractivity contribution is -0.384. The predicted octanol–water partition coefficient (Wildman–Crippen LogP) is 2.61. The number of carbonyl (C=O) groups excluding carboxylic acids is 1. The SMILES string of the molecule is O=C(c1ccc([N+](=O)[O-])cc1)c1cnc2ccc(F)cn12. The number of ketones is 1. The second kappa shape index (κ2) is 4.78. The minimum Gasteiger partial charge on any atom is -0.294 e. The van der Waals surface area contributed by atoms with E-state index in [2.05, 4.69) is 4.98 Å². The number of rotatable bonds is 3. The number of imidazole rings is 1.